The van der Waals surface area contributed by atoms with Crippen LogP contribution in [0.25, 0.3) is 11.0 Å². The van der Waals surface area contributed by atoms with Crippen LogP contribution >= 0.6 is 0 Å². The monoisotopic (exact) mass is 394 g/mol. The first-order valence-electron chi connectivity index (χ1n) is 10.3. The van der Waals surface area contributed by atoms with E-state index < -0.39 is 0 Å². The molecule has 154 valence electrons. The van der Waals surface area contributed by atoms with Gasteiger partial charge >= 0.3 is 6.03 Å². The number of urea groups is 1. The summed E-state index contributed by atoms with van der Waals surface area (Å²) >= 11 is 0. The SMILES string of the molecule is CCn1c(CN(C)C(=O)NC2CC(C)(C)Cc3oc(C)cc32)nc2ccccc21. The second-order valence-corrected chi connectivity index (χ2v) is 8.90. The van der Waals surface area contributed by atoms with E-state index >= 15 is 0 Å². The van der Waals surface area contributed by atoms with Gasteiger partial charge in [-0.15, -0.1) is 0 Å². The zero-order valence-corrected chi connectivity index (χ0v) is 18.0. The number of furan rings is 1. The Labute approximate surface area is 171 Å². The molecule has 29 heavy (non-hydrogen) atoms. The van der Waals surface area contributed by atoms with E-state index in [4.69, 9.17) is 9.40 Å². The molecule has 6 nitrogen and oxygen atoms in total. The number of carbonyl (C=O) groups is 1. The number of amides is 2. The van der Waals surface area contributed by atoms with Crippen LogP contribution in [-0.2, 0) is 19.5 Å². The number of imidazole rings is 1. The maximum absolute atomic E-state index is 13.0. The molecule has 2 heterocycles. The van der Waals surface area contributed by atoms with Crippen molar-refractivity contribution in [2.75, 3.05) is 7.05 Å². The number of benzene rings is 1. The molecule has 6 heteroatoms. The Morgan fingerprint density at radius 1 is 1.38 bits per heavy atom. The number of fused-ring (bicyclic) bond motifs is 2. The van der Waals surface area contributed by atoms with Crippen molar-refractivity contribution in [3.8, 4) is 0 Å². The lowest BCUT2D eigenvalue weighted by Gasteiger charge is -2.35. The lowest BCUT2D eigenvalue weighted by atomic mass is 9.75. The third-order valence-electron chi connectivity index (χ3n) is 5.81. The molecule has 1 aliphatic rings. The molecule has 4 rings (SSSR count). The van der Waals surface area contributed by atoms with Crippen molar-refractivity contribution in [2.45, 2.75) is 59.7 Å². The highest BCUT2D eigenvalue weighted by atomic mass is 16.3. The van der Waals surface area contributed by atoms with Gasteiger partial charge in [0.2, 0.25) is 0 Å². The van der Waals surface area contributed by atoms with Gasteiger partial charge in [-0.05, 0) is 43.9 Å². The van der Waals surface area contributed by atoms with E-state index in [0.717, 1.165) is 53.3 Å². The normalized spacial score (nSPS) is 17.9. The Kier molecular flexibility index (Phi) is 4.89. The van der Waals surface area contributed by atoms with E-state index in [2.05, 4.69) is 42.8 Å². The Bertz CT molecular complexity index is 1050. The molecule has 2 aromatic heterocycles. The summed E-state index contributed by atoms with van der Waals surface area (Å²) in [5.41, 5.74) is 3.27. The summed E-state index contributed by atoms with van der Waals surface area (Å²) in [6, 6.07) is 10.0. The predicted molar refractivity (Wildman–Crippen MR) is 114 cm³/mol. The van der Waals surface area contributed by atoms with Gasteiger partial charge < -0.3 is 19.2 Å². The first-order valence-corrected chi connectivity index (χ1v) is 10.3. The molecule has 1 aliphatic carbocycles. The second kappa shape index (κ2) is 7.25. The number of aryl methyl sites for hydroxylation is 2. The summed E-state index contributed by atoms with van der Waals surface area (Å²) in [6.07, 6.45) is 1.80. The Morgan fingerprint density at radius 3 is 2.90 bits per heavy atom. The Morgan fingerprint density at radius 2 is 2.14 bits per heavy atom. The zero-order valence-electron chi connectivity index (χ0n) is 18.0. The average molecular weight is 395 g/mol. The van der Waals surface area contributed by atoms with Crippen LogP contribution in [0.3, 0.4) is 0 Å². The van der Waals surface area contributed by atoms with Gasteiger partial charge in [0, 0.05) is 25.6 Å². The Balaban J connectivity index is 1.52. The number of hydrogen-bond donors (Lipinski definition) is 1. The maximum Gasteiger partial charge on any atom is 0.318 e. The quantitative estimate of drug-likeness (QED) is 0.690. The van der Waals surface area contributed by atoms with E-state index in [9.17, 15) is 4.79 Å². The molecule has 0 saturated carbocycles. The van der Waals surface area contributed by atoms with Crippen LogP contribution in [0.1, 0.15) is 56.1 Å². The summed E-state index contributed by atoms with van der Waals surface area (Å²) in [4.78, 5) is 19.5. The number of para-hydroxylation sites is 2. The van der Waals surface area contributed by atoms with Gasteiger partial charge in [-0.25, -0.2) is 9.78 Å². The fourth-order valence-electron chi connectivity index (χ4n) is 4.46. The minimum atomic E-state index is -0.0905. The molecule has 0 spiro atoms. The van der Waals surface area contributed by atoms with Crippen molar-refractivity contribution in [1.82, 2.24) is 19.8 Å². The highest BCUT2D eigenvalue weighted by Gasteiger charge is 2.36. The summed E-state index contributed by atoms with van der Waals surface area (Å²) in [5.74, 6) is 2.80. The van der Waals surface area contributed by atoms with E-state index in [1.807, 2.05) is 32.2 Å². The van der Waals surface area contributed by atoms with E-state index in [1.165, 1.54) is 0 Å². The molecular formula is C23H30N4O2. The van der Waals surface area contributed by atoms with Gasteiger partial charge in [0.15, 0.2) is 0 Å². The Hall–Kier alpha value is -2.76. The van der Waals surface area contributed by atoms with Crippen molar-refractivity contribution in [3.63, 3.8) is 0 Å². The molecule has 0 saturated heterocycles. The minimum absolute atomic E-state index is 0.0360. The zero-order chi connectivity index (χ0) is 20.8. The highest BCUT2D eigenvalue weighted by molar-refractivity contribution is 5.77. The molecule has 1 atom stereocenters. The minimum Gasteiger partial charge on any atom is -0.466 e. The van der Waals surface area contributed by atoms with Crippen LogP contribution < -0.4 is 5.32 Å². The van der Waals surface area contributed by atoms with Gasteiger partial charge in [0.25, 0.3) is 0 Å². The number of carbonyl (C=O) groups excluding carboxylic acids is 1. The van der Waals surface area contributed by atoms with Gasteiger partial charge in [-0.2, -0.15) is 0 Å². The smallest absolute Gasteiger partial charge is 0.318 e. The molecule has 0 radical (unpaired) electrons. The van der Waals surface area contributed by atoms with Gasteiger partial charge in [-0.3, -0.25) is 0 Å². The third-order valence-corrected chi connectivity index (χ3v) is 5.81. The van der Waals surface area contributed by atoms with Crippen LogP contribution in [0.15, 0.2) is 34.7 Å². The van der Waals surface area contributed by atoms with Crippen LogP contribution in [0.5, 0.6) is 0 Å². The molecule has 1 aromatic carbocycles. The molecule has 1 N–H and O–H groups in total. The maximum atomic E-state index is 13.0. The molecular weight excluding hydrogens is 364 g/mol. The molecule has 1 unspecified atom stereocenters. The number of rotatable bonds is 4. The van der Waals surface area contributed by atoms with E-state index in [1.54, 1.807) is 4.90 Å². The fraction of sp³-hybridized carbons (Fsp3) is 0.478. The summed E-state index contributed by atoms with van der Waals surface area (Å²) < 4.78 is 8.06. The van der Waals surface area contributed by atoms with E-state index in [0.29, 0.717) is 6.54 Å². The molecule has 2 amide bonds. The van der Waals surface area contributed by atoms with Crippen LogP contribution in [0, 0.1) is 12.3 Å². The van der Waals surface area contributed by atoms with E-state index in [-0.39, 0.29) is 17.5 Å². The summed E-state index contributed by atoms with van der Waals surface area (Å²) in [6.45, 7) is 9.79. The summed E-state index contributed by atoms with van der Waals surface area (Å²) in [5, 5.41) is 3.23. The first-order chi connectivity index (χ1) is 13.8. The first kappa shape index (κ1) is 19.6. The number of aromatic nitrogens is 2. The van der Waals surface area contributed by atoms with Crippen molar-refractivity contribution >= 4 is 17.1 Å². The topological polar surface area (TPSA) is 63.3 Å². The van der Waals surface area contributed by atoms with Gasteiger partial charge in [-0.1, -0.05) is 26.0 Å². The average Bonchev–Trinajstić information content (AvgIpc) is 3.19. The van der Waals surface area contributed by atoms with Crippen molar-refractivity contribution in [2.24, 2.45) is 5.41 Å². The highest BCUT2D eigenvalue weighted by Crippen LogP contribution is 2.42. The summed E-state index contributed by atoms with van der Waals surface area (Å²) in [7, 11) is 1.82. The fourth-order valence-corrected chi connectivity index (χ4v) is 4.46. The lowest BCUT2D eigenvalue weighted by Crippen LogP contribution is -2.42. The van der Waals surface area contributed by atoms with Gasteiger partial charge in [0.05, 0.1) is 23.6 Å². The van der Waals surface area contributed by atoms with Crippen molar-refractivity contribution < 1.29 is 9.21 Å². The molecule has 0 aliphatic heterocycles. The van der Waals surface area contributed by atoms with Crippen molar-refractivity contribution in [1.29, 1.82) is 0 Å². The number of hydrogen-bond acceptors (Lipinski definition) is 3. The third kappa shape index (κ3) is 3.76. The molecule has 0 fully saturated rings. The van der Waals surface area contributed by atoms with Crippen molar-refractivity contribution in [3.05, 3.63) is 53.2 Å². The van der Waals surface area contributed by atoms with Gasteiger partial charge in [0.1, 0.15) is 17.3 Å². The predicted octanol–water partition coefficient (Wildman–Crippen LogP) is 4.81. The molecule has 0 bridgehead atoms. The number of nitrogens with one attached hydrogen (secondary N) is 1. The van der Waals surface area contributed by atoms with Crippen LogP contribution in [-0.4, -0.2) is 27.5 Å². The van der Waals surface area contributed by atoms with Crippen LogP contribution in [0.4, 0.5) is 4.79 Å². The molecule has 3 aromatic rings. The second-order valence-electron chi connectivity index (χ2n) is 8.90. The largest absolute Gasteiger partial charge is 0.466 e. The standard InChI is InChI=1S/C23H30N4O2/c1-6-27-19-10-8-7-9-17(19)24-21(27)14-26(5)22(28)25-18-12-23(3,4)13-20-16(18)11-15(2)29-20/h7-11,18H,6,12-14H2,1-5H3,(H,25,28). The lowest BCUT2D eigenvalue weighted by molar-refractivity contribution is 0.187. The van der Waals surface area contributed by atoms with Crippen LogP contribution in [0.2, 0.25) is 0 Å². The number of nitrogens with zero attached hydrogens (tertiary/aromatic N) is 3.